The molecule has 2 aromatic carbocycles. The molecule has 0 bridgehead atoms. The molecular formula is C22H23F3N2O3S. The molecule has 3 rings (SSSR count). The van der Waals surface area contributed by atoms with Crippen molar-refractivity contribution in [3.63, 3.8) is 0 Å². The van der Waals surface area contributed by atoms with E-state index in [1.165, 1.54) is 12.1 Å². The quantitative estimate of drug-likeness (QED) is 0.442. The minimum absolute atomic E-state index is 0.0112. The molecule has 1 atom stereocenters. The van der Waals surface area contributed by atoms with Crippen LogP contribution in [-0.4, -0.2) is 35.3 Å². The number of carbonyl (C=O) groups is 1. The molecule has 166 valence electrons. The number of carbonyl (C=O) groups excluding carboxylic acids is 1. The zero-order valence-electron chi connectivity index (χ0n) is 16.7. The lowest BCUT2D eigenvalue weighted by atomic mass is 10.2. The summed E-state index contributed by atoms with van der Waals surface area (Å²) in [6, 6.07) is 12.2. The highest BCUT2D eigenvalue weighted by Crippen LogP contribution is 2.30. The molecule has 2 N–H and O–H groups in total. The Morgan fingerprint density at radius 3 is 2.58 bits per heavy atom. The molecule has 0 aliphatic carbocycles. The molecular weight excluding hydrogens is 429 g/mol. The van der Waals surface area contributed by atoms with E-state index in [1.54, 1.807) is 11.3 Å². The molecule has 0 spiro atoms. The van der Waals surface area contributed by atoms with Crippen LogP contribution in [0.15, 0.2) is 48.5 Å². The highest BCUT2D eigenvalue weighted by molar-refractivity contribution is 7.18. The molecule has 0 saturated heterocycles. The average Bonchev–Trinajstić information content (AvgIpc) is 3.16. The molecule has 1 amide bonds. The van der Waals surface area contributed by atoms with Crippen LogP contribution in [0.2, 0.25) is 0 Å². The first-order valence-electron chi connectivity index (χ1n) is 9.90. The number of amides is 1. The van der Waals surface area contributed by atoms with Crippen molar-refractivity contribution >= 4 is 27.5 Å². The van der Waals surface area contributed by atoms with Gasteiger partial charge >= 0.3 is 6.18 Å². The van der Waals surface area contributed by atoms with Crippen molar-refractivity contribution < 1.29 is 27.8 Å². The number of halogens is 3. The number of ether oxygens (including phenoxy) is 1. The lowest BCUT2D eigenvalue weighted by Crippen LogP contribution is -2.35. The summed E-state index contributed by atoms with van der Waals surface area (Å²) in [6.45, 7) is -0.124. The van der Waals surface area contributed by atoms with Crippen LogP contribution in [0.5, 0.6) is 5.75 Å². The zero-order chi connectivity index (χ0) is 22.3. The molecule has 1 heterocycles. The van der Waals surface area contributed by atoms with E-state index in [0.29, 0.717) is 12.8 Å². The number of alkyl halides is 3. The number of hydrogen-bond acceptors (Lipinski definition) is 5. The van der Waals surface area contributed by atoms with Crippen molar-refractivity contribution in [2.75, 3.05) is 13.2 Å². The second-order valence-electron chi connectivity index (χ2n) is 7.07. The predicted molar refractivity (Wildman–Crippen MR) is 113 cm³/mol. The van der Waals surface area contributed by atoms with Gasteiger partial charge in [0.05, 0.1) is 20.8 Å². The summed E-state index contributed by atoms with van der Waals surface area (Å²) in [5, 5.41) is 13.6. The summed E-state index contributed by atoms with van der Waals surface area (Å²) in [5.74, 6) is 0.0473. The molecule has 0 aliphatic heterocycles. The number of fused-ring (bicyclic) bond motifs is 1. The largest absolute Gasteiger partial charge is 0.491 e. The van der Waals surface area contributed by atoms with Crippen molar-refractivity contribution in [2.24, 2.45) is 0 Å². The van der Waals surface area contributed by atoms with E-state index in [0.717, 1.165) is 40.2 Å². The van der Waals surface area contributed by atoms with Gasteiger partial charge in [-0.15, -0.1) is 11.3 Å². The fourth-order valence-electron chi connectivity index (χ4n) is 2.90. The van der Waals surface area contributed by atoms with Gasteiger partial charge in [-0.2, -0.15) is 13.2 Å². The number of rotatable bonds is 10. The minimum Gasteiger partial charge on any atom is -0.491 e. The van der Waals surface area contributed by atoms with Crippen LogP contribution in [-0.2, 0) is 17.4 Å². The molecule has 9 heteroatoms. The van der Waals surface area contributed by atoms with Crippen LogP contribution in [0, 0.1) is 0 Å². The third-order valence-electron chi connectivity index (χ3n) is 4.54. The van der Waals surface area contributed by atoms with E-state index in [1.807, 2.05) is 24.3 Å². The fraction of sp³-hybridized carbons (Fsp3) is 0.364. The molecule has 0 saturated carbocycles. The standard InChI is InChI=1S/C22H23F3N2O3S/c23-22(24,25)15-9-11-17(12-10-15)30-14-16(28)13-26-20(29)7-3-4-8-21-27-18-5-1-2-6-19(18)31-21/h1-2,5-6,9-12,16,28H,3-4,7-8,13-14H2,(H,26,29). The first-order chi connectivity index (χ1) is 14.8. The number of nitrogens with one attached hydrogen (secondary N) is 1. The van der Waals surface area contributed by atoms with Crippen molar-refractivity contribution in [1.29, 1.82) is 0 Å². The Morgan fingerprint density at radius 2 is 1.87 bits per heavy atom. The predicted octanol–water partition coefficient (Wildman–Crippen LogP) is 4.58. The van der Waals surface area contributed by atoms with Crippen LogP contribution in [0.1, 0.15) is 29.8 Å². The lowest BCUT2D eigenvalue weighted by Gasteiger charge is -2.14. The van der Waals surface area contributed by atoms with Gasteiger partial charge in [-0.1, -0.05) is 12.1 Å². The second-order valence-corrected chi connectivity index (χ2v) is 8.19. The Hall–Kier alpha value is -2.65. The molecule has 0 aliphatic rings. The highest BCUT2D eigenvalue weighted by atomic mass is 32.1. The highest BCUT2D eigenvalue weighted by Gasteiger charge is 2.30. The molecule has 1 unspecified atom stereocenters. The third-order valence-corrected chi connectivity index (χ3v) is 5.64. The Labute approximate surface area is 181 Å². The molecule has 5 nitrogen and oxygen atoms in total. The maximum atomic E-state index is 12.5. The average molecular weight is 452 g/mol. The van der Waals surface area contributed by atoms with Crippen LogP contribution < -0.4 is 10.1 Å². The SMILES string of the molecule is O=C(CCCCc1nc2ccccc2s1)NCC(O)COc1ccc(C(F)(F)F)cc1. The van der Waals surface area contributed by atoms with Gasteiger partial charge in [0.15, 0.2) is 0 Å². The summed E-state index contributed by atoms with van der Waals surface area (Å²) in [6.07, 6.45) is -2.66. The monoisotopic (exact) mass is 452 g/mol. The van der Waals surface area contributed by atoms with Crippen molar-refractivity contribution in [2.45, 2.75) is 38.0 Å². The maximum absolute atomic E-state index is 12.5. The van der Waals surface area contributed by atoms with E-state index >= 15 is 0 Å². The van der Waals surface area contributed by atoms with Crippen molar-refractivity contribution in [3.05, 3.63) is 59.1 Å². The number of aliphatic hydroxyl groups is 1. The summed E-state index contributed by atoms with van der Waals surface area (Å²) < 4.78 is 44.0. The smallest absolute Gasteiger partial charge is 0.416 e. The van der Waals surface area contributed by atoms with Crippen molar-refractivity contribution in [1.82, 2.24) is 10.3 Å². The number of para-hydroxylation sites is 1. The number of nitrogens with zero attached hydrogens (tertiary/aromatic N) is 1. The first kappa shape index (κ1) is 23.0. The maximum Gasteiger partial charge on any atom is 0.416 e. The topological polar surface area (TPSA) is 71.5 Å². The van der Waals surface area contributed by atoms with Crippen LogP contribution in [0.3, 0.4) is 0 Å². The number of hydrogen-bond donors (Lipinski definition) is 2. The zero-order valence-corrected chi connectivity index (χ0v) is 17.5. The number of benzene rings is 2. The fourth-order valence-corrected chi connectivity index (χ4v) is 3.91. The van der Waals surface area contributed by atoms with Crippen LogP contribution in [0.25, 0.3) is 10.2 Å². The van der Waals surface area contributed by atoms with E-state index in [9.17, 15) is 23.1 Å². The van der Waals surface area contributed by atoms with Crippen LogP contribution >= 0.6 is 11.3 Å². The summed E-state index contributed by atoms with van der Waals surface area (Å²) in [4.78, 5) is 16.5. The van der Waals surface area contributed by atoms with Crippen molar-refractivity contribution in [3.8, 4) is 5.75 Å². The number of thiazole rings is 1. The van der Waals surface area contributed by atoms with Gasteiger partial charge in [-0.05, 0) is 55.7 Å². The third kappa shape index (κ3) is 7.22. The van der Waals surface area contributed by atoms with Gasteiger partial charge in [0.1, 0.15) is 18.5 Å². The Morgan fingerprint density at radius 1 is 1.13 bits per heavy atom. The van der Waals surface area contributed by atoms with E-state index < -0.39 is 17.8 Å². The number of aliphatic hydroxyl groups excluding tert-OH is 1. The minimum atomic E-state index is -4.41. The Bertz CT molecular complexity index is 957. The lowest BCUT2D eigenvalue weighted by molar-refractivity contribution is -0.137. The van der Waals surface area contributed by atoms with E-state index in [-0.39, 0.29) is 24.8 Å². The molecule has 3 aromatic rings. The number of aryl methyl sites for hydroxylation is 1. The van der Waals surface area contributed by atoms with Gasteiger partial charge in [0, 0.05) is 13.0 Å². The molecule has 0 fully saturated rings. The van der Waals surface area contributed by atoms with Gasteiger partial charge in [-0.3, -0.25) is 4.79 Å². The number of unbranched alkanes of at least 4 members (excludes halogenated alkanes) is 1. The van der Waals surface area contributed by atoms with Gasteiger partial charge < -0.3 is 15.2 Å². The summed E-state index contributed by atoms with van der Waals surface area (Å²) in [5.41, 5.74) is 0.226. The number of aromatic nitrogens is 1. The molecule has 1 aromatic heterocycles. The Balaban J connectivity index is 1.29. The van der Waals surface area contributed by atoms with Gasteiger partial charge in [0.25, 0.3) is 0 Å². The second kappa shape index (κ2) is 10.6. The summed E-state index contributed by atoms with van der Waals surface area (Å²) in [7, 11) is 0. The van der Waals surface area contributed by atoms with E-state index in [2.05, 4.69) is 10.3 Å². The van der Waals surface area contributed by atoms with Crippen LogP contribution in [0.4, 0.5) is 13.2 Å². The van der Waals surface area contributed by atoms with E-state index in [4.69, 9.17) is 4.74 Å². The normalized spacial score (nSPS) is 12.6. The molecule has 31 heavy (non-hydrogen) atoms. The Kier molecular flexibility index (Phi) is 7.86. The summed E-state index contributed by atoms with van der Waals surface area (Å²) >= 11 is 1.66. The van der Waals surface area contributed by atoms with Gasteiger partial charge in [-0.25, -0.2) is 4.98 Å². The van der Waals surface area contributed by atoms with Gasteiger partial charge in [0.2, 0.25) is 5.91 Å². The first-order valence-corrected chi connectivity index (χ1v) is 10.7. The molecule has 0 radical (unpaired) electrons.